The molecule has 0 saturated heterocycles. The standard InChI is InChI=1S/C19H18N6O/c1-13(2)26-17-6-4-3-5-16(17)23-18-12-21-25-19(24-18)22-15-9-7-14(11-20)8-10-15/h3-10,12-13H,1-2H3,(H2,22,23,24,25). The number of para-hydroxylation sites is 2. The van der Waals surface area contributed by atoms with E-state index in [1.807, 2.05) is 38.1 Å². The zero-order valence-electron chi connectivity index (χ0n) is 14.5. The van der Waals surface area contributed by atoms with Gasteiger partial charge in [0.15, 0.2) is 5.82 Å². The first-order chi connectivity index (χ1) is 12.6. The topological polar surface area (TPSA) is 95.8 Å². The lowest BCUT2D eigenvalue weighted by molar-refractivity contribution is 0.244. The molecular weight excluding hydrogens is 328 g/mol. The van der Waals surface area contributed by atoms with Crippen LogP contribution in [0.1, 0.15) is 19.4 Å². The van der Waals surface area contributed by atoms with Crippen molar-refractivity contribution in [1.29, 1.82) is 5.26 Å². The lowest BCUT2D eigenvalue weighted by atomic mass is 10.2. The second kappa shape index (κ2) is 7.94. The average Bonchev–Trinajstić information content (AvgIpc) is 2.64. The molecule has 1 heterocycles. The zero-order chi connectivity index (χ0) is 18.4. The SMILES string of the molecule is CC(C)Oc1ccccc1Nc1cnnc(Nc2ccc(C#N)cc2)n1. The molecule has 0 saturated carbocycles. The van der Waals surface area contributed by atoms with Crippen molar-refractivity contribution in [2.75, 3.05) is 10.6 Å². The van der Waals surface area contributed by atoms with Crippen LogP contribution in [-0.4, -0.2) is 21.3 Å². The molecule has 3 rings (SSSR count). The third-order valence-corrected chi connectivity index (χ3v) is 3.34. The van der Waals surface area contributed by atoms with Crippen LogP contribution in [0.3, 0.4) is 0 Å². The number of hydrogen-bond acceptors (Lipinski definition) is 7. The molecule has 0 aliphatic rings. The Labute approximate surface area is 151 Å². The number of nitrogens with zero attached hydrogens (tertiary/aromatic N) is 4. The number of anilines is 4. The summed E-state index contributed by atoms with van der Waals surface area (Å²) in [5.41, 5.74) is 2.16. The predicted octanol–water partition coefficient (Wildman–Crippen LogP) is 4.02. The summed E-state index contributed by atoms with van der Waals surface area (Å²) < 4.78 is 5.80. The Bertz CT molecular complexity index is 918. The Hall–Kier alpha value is -3.66. The number of aromatic nitrogens is 3. The van der Waals surface area contributed by atoms with E-state index < -0.39 is 0 Å². The van der Waals surface area contributed by atoms with E-state index in [-0.39, 0.29) is 6.10 Å². The van der Waals surface area contributed by atoms with Gasteiger partial charge in [0, 0.05) is 5.69 Å². The van der Waals surface area contributed by atoms with E-state index in [4.69, 9.17) is 10.00 Å². The van der Waals surface area contributed by atoms with Gasteiger partial charge in [-0.1, -0.05) is 12.1 Å². The van der Waals surface area contributed by atoms with Crippen LogP contribution in [0.5, 0.6) is 5.75 Å². The number of nitriles is 1. The lowest BCUT2D eigenvalue weighted by Gasteiger charge is -2.15. The van der Waals surface area contributed by atoms with E-state index >= 15 is 0 Å². The first kappa shape index (κ1) is 17.2. The smallest absolute Gasteiger partial charge is 0.249 e. The van der Waals surface area contributed by atoms with Gasteiger partial charge in [-0.05, 0) is 50.2 Å². The molecule has 26 heavy (non-hydrogen) atoms. The fraction of sp³-hybridized carbons (Fsp3) is 0.158. The van der Waals surface area contributed by atoms with Gasteiger partial charge in [-0.15, -0.1) is 5.10 Å². The van der Waals surface area contributed by atoms with Crippen molar-refractivity contribution in [1.82, 2.24) is 15.2 Å². The molecule has 3 aromatic rings. The molecular formula is C19H18N6O. The summed E-state index contributed by atoms with van der Waals surface area (Å²) in [4.78, 5) is 4.41. The molecule has 2 N–H and O–H groups in total. The second-order valence-corrected chi connectivity index (χ2v) is 5.77. The van der Waals surface area contributed by atoms with Crippen molar-refractivity contribution < 1.29 is 4.74 Å². The van der Waals surface area contributed by atoms with Crippen LogP contribution < -0.4 is 15.4 Å². The van der Waals surface area contributed by atoms with Crippen LogP contribution in [0.25, 0.3) is 0 Å². The van der Waals surface area contributed by atoms with Crippen LogP contribution in [0.2, 0.25) is 0 Å². The summed E-state index contributed by atoms with van der Waals surface area (Å²) in [7, 11) is 0. The van der Waals surface area contributed by atoms with E-state index in [1.54, 1.807) is 24.3 Å². The molecule has 0 unspecified atom stereocenters. The summed E-state index contributed by atoms with van der Waals surface area (Å²) in [6.45, 7) is 3.95. The molecule has 0 bridgehead atoms. The molecule has 7 nitrogen and oxygen atoms in total. The van der Waals surface area contributed by atoms with Gasteiger partial charge in [0.05, 0.1) is 29.6 Å². The van der Waals surface area contributed by atoms with Crippen molar-refractivity contribution >= 4 is 23.1 Å². The molecule has 0 aliphatic heterocycles. The van der Waals surface area contributed by atoms with Crippen molar-refractivity contribution in [2.45, 2.75) is 20.0 Å². The highest BCUT2D eigenvalue weighted by molar-refractivity contribution is 5.64. The van der Waals surface area contributed by atoms with Crippen molar-refractivity contribution in [2.24, 2.45) is 0 Å². The van der Waals surface area contributed by atoms with Crippen LogP contribution in [0.15, 0.2) is 54.7 Å². The maximum Gasteiger partial charge on any atom is 0.249 e. The minimum absolute atomic E-state index is 0.0649. The predicted molar refractivity (Wildman–Crippen MR) is 99.8 cm³/mol. The third-order valence-electron chi connectivity index (χ3n) is 3.34. The van der Waals surface area contributed by atoms with E-state index in [9.17, 15) is 0 Å². The van der Waals surface area contributed by atoms with Crippen LogP contribution >= 0.6 is 0 Å². The molecule has 1 aromatic heterocycles. The fourth-order valence-electron chi connectivity index (χ4n) is 2.24. The summed E-state index contributed by atoms with van der Waals surface area (Å²) in [5, 5.41) is 23.1. The van der Waals surface area contributed by atoms with Crippen molar-refractivity contribution in [3.05, 3.63) is 60.3 Å². The van der Waals surface area contributed by atoms with E-state index in [2.05, 4.69) is 31.9 Å². The van der Waals surface area contributed by atoms with Crippen LogP contribution in [-0.2, 0) is 0 Å². The maximum atomic E-state index is 8.85. The molecule has 0 amide bonds. The highest BCUT2D eigenvalue weighted by Gasteiger charge is 2.07. The molecule has 2 aromatic carbocycles. The zero-order valence-corrected chi connectivity index (χ0v) is 14.5. The highest BCUT2D eigenvalue weighted by Crippen LogP contribution is 2.27. The van der Waals surface area contributed by atoms with E-state index in [1.165, 1.54) is 6.20 Å². The van der Waals surface area contributed by atoms with Crippen LogP contribution in [0, 0.1) is 11.3 Å². The van der Waals surface area contributed by atoms with Gasteiger partial charge in [0.2, 0.25) is 5.95 Å². The van der Waals surface area contributed by atoms with Gasteiger partial charge < -0.3 is 15.4 Å². The van der Waals surface area contributed by atoms with Gasteiger partial charge in [-0.3, -0.25) is 0 Å². The third kappa shape index (κ3) is 4.45. The quantitative estimate of drug-likeness (QED) is 0.696. The number of nitrogens with one attached hydrogen (secondary N) is 2. The van der Waals surface area contributed by atoms with Gasteiger partial charge in [-0.2, -0.15) is 15.3 Å². The summed E-state index contributed by atoms with van der Waals surface area (Å²) in [5.74, 6) is 1.63. The molecule has 0 radical (unpaired) electrons. The Kier molecular flexibility index (Phi) is 5.25. The van der Waals surface area contributed by atoms with Crippen molar-refractivity contribution in [3.8, 4) is 11.8 Å². The van der Waals surface area contributed by atoms with Gasteiger partial charge in [0.1, 0.15) is 5.75 Å². The Morgan fingerprint density at radius 2 is 1.81 bits per heavy atom. The second-order valence-electron chi connectivity index (χ2n) is 5.77. The maximum absolute atomic E-state index is 8.85. The number of rotatable bonds is 6. The number of benzene rings is 2. The average molecular weight is 346 g/mol. The largest absolute Gasteiger partial charge is 0.489 e. The first-order valence-electron chi connectivity index (χ1n) is 8.13. The van der Waals surface area contributed by atoms with Gasteiger partial charge >= 0.3 is 0 Å². The lowest BCUT2D eigenvalue weighted by Crippen LogP contribution is -2.08. The van der Waals surface area contributed by atoms with E-state index in [0.717, 1.165) is 17.1 Å². The monoisotopic (exact) mass is 346 g/mol. The first-order valence-corrected chi connectivity index (χ1v) is 8.13. The van der Waals surface area contributed by atoms with Gasteiger partial charge in [0.25, 0.3) is 0 Å². The minimum Gasteiger partial charge on any atom is -0.489 e. The molecule has 0 spiro atoms. The minimum atomic E-state index is 0.0649. The Balaban J connectivity index is 1.76. The summed E-state index contributed by atoms with van der Waals surface area (Å²) in [6, 6.07) is 16.7. The Morgan fingerprint density at radius 3 is 2.54 bits per heavy atom. The normalized spacial score (nSPS) is 10.2. The summed E-state index contributed by atoms with van der Waals surface area (Å²) >= 11 is 0. The summed E-state index contributed by atoms with van der Waals surface area (Å²) in [6.07, 6.45) is 1.60. The van der Waals surface area contributed by atoms with Crippen LogP contribution in [0.4, 0.5) is 23.1 Å². The van der Waals surface area contributed by atoms with Crippen molar-refractivity contribution in [3.63, 3.8) is 0 Å². The van der Waals surface area contributed by atoms with Gasteiger partial charge in [-0.25, -0.2) is 0 Å². The number of hydrogen-bond donors (Lipinski definition) is 2. The Morgan fingerprint density at radius 1 is 1.04 bits per heavy atom. The molecule has 0 fully saturated rings. The highest BCUT2D eigenvalue weighted by atomic mass is 16.5. The molecule has 0 atom stereocenters. The number of ether oxygens (including phenoxy) is 1. The molecule has 0 aliphatic carbocycles. The molecule has 130 valence electrons. The van der Waals surface area contributed by atoms with E-state index in [0.29, 0.717) is 17.3 Å². The molecule has 7 heteroatoms. The fourth-order valence-corrected chi connectivity index (χ4v) is 2.24.